The van der Waals surface area contributed by atoms with Gasteiger partial charge < -0.3 is 0 Å². The zero-order valence-corrected chi connectivity index (χ0v) is 13.0. The summed E-state index contributed by atoms with van der Waals surface area (Å²) in [4.78, 5) is 0. The molecule has 0 saturated heterocycles. The minimum absolute atomic E-state index is 0.408. The van der Waals surface area contributed by atoms with E-state index in [2.05, 4.69) is 79.0 Å². The maximum absolute atomic E-state index is 2.43. The highest BCUT2D eigenvalue weighted by Gasteiger charge is 2.26. The Kier molecular flexibility index (Phi) is 2.78. The first-order valence-corrected chi connectivity index (χ1v) is 8.33. The number of fused-ring (bicyclic) bond motifs is 6. The van der Waals surface area contributed by atoms with Gasteiger partial charge in [-0.15, -0.1) is 0 Å². The molecule has 0 fully saturated rings. The quantitative estimate of drug-likeness (QED) is 0.545. The average Bonchev–Trinajstić information content (AvgIpc) is 2.88. The Bertz CT molecular complexity index is 896. The highest BCUT2D eigenvalue weighted by Crippen LogP contribution is 2.42. The number of hydrogen-bond acceptors (Lipinski definition) is 0. The van der Waals surface area contributed by atoms with Crippen LogP contribution in [0.15, 0.2) is 118 Å². The maximum atomic E-state index is 2.43. The van der Waals surface area contributed by atoms with Crippen molar-refractivity contribution in [2.45, 2.75) is 12.8 Å². The predicted octanol–water partition coefficient (Wildman–Crippen LogP) is 5.60. The Morgan fingerprint density at radius 3 is 2.00 bits per heavy atom. The monoisotopic (exact) mass is 294 g/mol. The van der Waals surface area contributed by atoms with Gasteiger partial charge in [-0.2, -0.15) is 0 Å². The molecule has 0 aromatic carbocycles. The van der Waals surface area contributed by atoms with Gasteiger partial charge in [-0.1, -0.05) is 79.0 Å². The molecule has 0 heteroatoms. The first-order valence-electron chi connectivity index (χ1n) is 8.33. The van der Waals surface area contributed by atoms with Gasteiger partial charge in [0.1, 0.15) is 0 Å². The van der Waals surface area contributed by atoms with Crippen molar-refractivity contribution in [1.82, 2.24) is 0 Å². The molecule has 0 amide bonds. The summed E-state index contributed by atoms with van der Waals surface area (Å²) in [7, 11) is 0. The minimum atomic E-state index is 0.408. The van der Waals surface area contributed by atoms with Crippen molar-refractivity contribution in [1.29, 1.82) is 0 Å². The molecule has 0 aromatic heterocycles. The summed E-state index contributed by atoms with van der Waals surface area (Å²) in [5.41, 5.74) is 9.89. The molecule has 23 heavy (non-hydrogen) atoms. The SMILES string of the molecule is C1=CC2=CC3=CC4C=C5C=CC=CC(=CC4=C3C=C(C=C1)C2)C5. The van der Waals surface area contributed by atoms with E-state index in [4.69, 9.17) is 0 Å². The van der Waals surface area contributed by atoms with Crippen molar-refractivity contribution in [2.24, 2.45) is 5.92 Å². The van der Waals surface area contributed by atoms with Gasteiger partial charge in [-0.05, 0) is 51.9 Å². The Hall–Kier alpha value is -2.60. The van der Waals surface area contributed by atoms with Gasteiger partial charge >= 0.3 is 0 Å². The Morgan fingerprint density at radius 2 is 1.22 bits per heavy atom. The fourth-order valence-corrected chi connectivity index (χ4v) is 3.97. The van der Waals surface area contributed by atoms with Crippen LogP contribution >= 0.6 is 0 Å². The molecular weight excluding hydrogens is 276 g/mol. The first kappa shape index (κ1) is 12.9. The van der Waals surface area contributed by atoms with Gasteiger partial charge in [0.05, 0.1) is 0 Å². The van der Waals surface area contributed by atoms with Gasteiger partial charge in [0.2, 0.25) is 0 Å². The standard InChI is InChI=1S/C23H18/c1-3-7-18-9-16(5-1)11-20-15-21-12-17-6-2-4-8-19(10-17)14-23(21)22(20)13-18/h1-8,11-15,20H,9-10H2. The van der Waals surface area contributed by atoms with E-state index in [9.17, 15) is 0 Å². The van der Waals surface area contributed by atoms with Gasteiger partial charge in [0.15, 0.2) is 0 Å². The molecule has 0 saturated carbocycles. The lowest BCUT2D eigenvalue weighted by atomic mass is 9.97. The first-order chi connectivity index (χ1) is 11.3. The van der Waals surface area contributed by atoms with Crippen molar-refractivity contribution in [2.75, 3.05) is 0 Å². The van der Waals surface area contributed by atoms with Crippen molar-refractivity contribution in [3.63, 3.8) is 0 Å². The molecule has 110 valence electrons. The number of rotatable bonds is 0. The summed E-state index contributed by atoms with van der Waals surface area (Å²) in [5, 5.41) is 0. The Balaban J connectivity index is 1.74. The third kappa shape index (κ3) is 2.22. The highest BCUT2D eigenvalue weighted by molar-refractivity contribution is 5.66. The molecule has 5 rings (SSSR count). The van der Waals surface area contributed by atoms with Crippen LogP contribution in [0.4, 0.5) is 0 Å². The summed E-state index contributed by atoms with van der Waals surface area (Å²) in [6.07, 6.45) is 31.7. The van der Waals surface area contributed by atoms with Crippen LogP contribution in [0.25, 0.3) is 0 Å². The molecule has 0 nitrogen and oxygen atoms in total. The van der Waals surface area contributed by atoms with Crippen LogP contribution in [-0.2, 0) is 0 Å². The van der Waals surface area contributed by atoms with Crippen LogP contribution in [0, 0.1) is 5.92 Å². The van der Waals surface area contributed by atoms with E-state index in [0.717, 1.165) is 12.8 Å². The topological polar surface area (TPSA) is 0 Å². The molecule has 0 heterocycles. The summed E-state index contributed by atoms with van der Waals surface area (Å²) < 4.78 is 0. The van der Waals surface area contributed by atoms with E-state index < -0.39 is 0 Å². The summed E-state index contributed by atoms with van der Waals surface area (Å²) in [5.74, 6) is 0.408. The van der Waals surface area contributed by atoms with Gasteiger partial charge in [0, 0.05) is 5.92 Å². The lowest BCUT2D eigenvalue weighted by Gasteiger charge is -2.07. The van der Waals surface area contributed by atoms with E-state index in [1.54, 1.807) is 0 Å². The van der Waals surface area contributed by atoms with Crippen molar-refractivity contribution in [3.8, 4) is 0 Å². The van der Waals surface area contributed by atoms with Crippen LogP contribution in [0.3, 0.4) is 0 Å². The third-order valence-corrected chi connectivity index (χ3v) is 5.03. The van der Waals surface area contributed by atoms with E-state index >= 15 is 0 Å². The second-order valence-electron chi connectivity index (χ2n) is 6.71. The molecule has 1 atom stereocenters. The second kappa shape index (κ2) is 4.96. The van der Waals surface area contributed by atoms with E-state index in [1.807, 2.05) is 0 Å². The van der Waals surface area contributed by atoms with Crippen LogP contribution in [0.1, 0.15) is 12.8 Å². The van der Waals surface area contributed by atoms with E-state index in [1.165, 1.54) is 39.0 Å². The zero-order chi connectivity index (χ0) is 15.2. The molecule has 5 aliphatic carbocycles. The fraction of sp³-hybridized carbons (Fsp3) is 0.130. The summed E-state index contributed by atoms with van der Waals surface area (Å²) in [6.45, 7) is 0. The molecule has 0 aliphatic heterocycles. The summed E-state index contributed by atoms with van der Waals surface area (Å²) in [6, 6.07) is 0. The molecule has 4 bridgehead atoms. The van der Waals surface area contributed by atoms with E-state index in [-0.39, 0.29) is 0 Å². The van der Waals surface area contributed by atoms with Crippen LogP contribution in [0.2, 0.25) is 0 Å². The Labute approximate surface area is 137 Å². The number of hydrogen-bond donors (Lipinski definition) is 0. The van der Waals surface area contributed by atoms with Crippen LogP contribution < -0.4 is 0 Å². The normalized spacial score (nSPS) is 26.8. The largest absolute Gasteiger partial charge is 0.0696 e. The minimum Gasteiger partial charge on any atom is -0.0696 e. The van der Waals surface area contributed by atoms with Crippen LogP contribution in [0.5, 0.6) is 0 Å². The smallest absolute Gasteiger partial charge is 0.0219 e. The maximum Gasteiger partial charge on any atom is 0.0219 e. The van der Waals surface area contributed by atoms with Gasteiger partial charge in [-0.25, -0.2) is 0 Å². The predicted molar refractivity (Wildman–Crippen MR) is 96.7 cm³/mol. The average molecular weight is 294 g/mol. The Morgan fingerprint density at radius 1 is 0.609 bits per heavy atom. The molecule has 0 aromatic rings. The van der Waals surface area contributed by atoms with Crippen LogP contribution in [-0.4, -0.2) is 0 Å². The molecule has 1 unspecified atom stereocenters. The fourth-order valence-electron chi connectivity index (χ4n) is 3.97. The van der Waals surface area contributed by atoms with Crippen molar-refractivity contribution < 1.29 is 0 Å². The van der Waals surface area contributed by atoms with Gasteiger partial charge in [-0.3, -0.25) is 0 Å². The lowest BCUT2D eigenvalue weighted by Crippen LogP contribution is -1.93. The van der Waals surface area contributed by atoms with Crippen molar-refractivity contribution >= 4 is 0 Å². The second-order valence-corrected chi connectivity index (χ2v) is 6.71. The van der Waals surface area contributed by atoms with E-state index in [0.29, 0.717) is 5.92 Å². The molecule has 0 N–H and O–H groups in total. The molecular formula is C23H18. The highest BCUT2D eigenvalue weighted by atomic mass is 14.3. The molecule has 0 spiro atoms. The zero-order valence-electron chi connectivity index (χ0n) is 13.0. The number of allylic oxidation sites excluding steroid dienone is 20. The summed E-state index contributed by atoms with van der Waals surface area (Å²) >= 11 is 0. The molecule has 5 aliphatic rings. The van der Waals surface area contributed by atoms with Gasteiger partial charge in [0.25, 0.3) is 0 Å². The lowest BCUT2D eigenvalue weighted by molar-refractivity contribution is 1.02. The van der Waals surface area contributed by atoms with Crippen molar-refractivity contribution in [3.05, 3.63) is 118 Å². The molecule has 0 radical (unpaired) electrons. The third-order valence-electron chi connectivity index (χ3n) is 5.03.